The molecule has 0 saturated carbocycles. The van der Waals surface area contributed by atoms with Crippen LogP contribution < -0.4 is 0 Å². The van der Waals surface area contributed by atoms with Gasteiger partial charge in [0, 0.05) is 20.1 Å². The van der Waals surface area contributed by atoms with Crippen LogP contribution in [0.5, 0.6) is 0 Å². The van der Waals surface area contributed by atoms with Crippen molar-refractivity contribution in [2.75, 3.05) is 20.1 Å². The summed E-state index contributed by atoms with van der Waals surface area (Å²) < 4.78 is 0. The van der Waals surface area contributed by atoms with Gasteiger partial charge < -0.3 is 14.9 Å². The molecule has 1 heterocycles. The number of hydrogen-bond donors (Lipinski definition) is 1. The van der Waals surface area contributed by atoms with E-state index >= 15 is 0 Å². The molecule has 0 aromatic rings. The first-order chi connectivity index (χ1) is 8.43. The van der Waals surface area contributed by atoms with E-state index in [1.807, 2.05) is 13.8 Å². The third kappa shape index (κ3) is 3.89. The SMILES string of the molecule is CC(C)CN(C)C(=O)N1CCCCCC1C(=O)O. The molecule has 1 aliphatic heterocycles. The maximum Gasteiger partial charge on any atom is 0.326 e. The van der Waals surface area contributed by atoms with Gasteiger partial charge in [-0.15, -0.1) is 0 Å². The van der Waals surface area contributed by atoms with E-state index in [4.69, 9.17) is 0 Å². The molecule has 1 aliphatic rings. The van der Waals surface area contributed by atoms with Crippen LogP contribution in [0.4, 0.5) is 4.79 Å². The van der Waals surface area contributed by atoms with Gasteiger partial charge in [-0.25, -0.2) is 9.59 Å². The summed E-state index contributed by atoms with van der Waals surface area (Å²) in [5.74, 6) is -0.502. The van der Waals surface area contributed by atoms with Crippen molar-refractivity contribution in [3.8, 4) is 0 Å². The zero-order valence-corrected chi connectivity index (χ0v) is 11.6. The van der Waals surface area contributed by atoms with E-state index in [-0.39, 0.29) is 6.03 Å². The maximum absolute atomic E-state index is 12.3. The monoisotopic (exact) mass is 256 g/mol. The first-order valence-electron chi connectivity index (χ1n) is 6.68. The van der Waals surface area contributed by atoms with Crippen LogP contribution in [-0.4, -0.2) is 53.1 Å². The molecule has 0 aliphatic carbocycles. The second-order valence-corrected chi connectivity index (χ2v) is 5.45. The van der Waals surface area contributed by atoms with Crippen LogP contribution in [0.1, 0.15) is 39.5 Å². The van der Waals surface area contributed by atoms with Gasteiger partial charge in [0.25, 0.3) is 0 Å². The quantitative estimate of drug-likeness (QED) is 0.840. The topological polar surface area (TPSA) is 60.9 Å². The Morgan fingerprint density at radius 1 is 1.33 bits per heavy atom. The van der Waals surface area contributed by atoms with E-state index < -0.39 is 12.0 Å². The molecule has 0 aromatic heterocycles. The molecule has 104 valence electrons. The Kier molecular flexibility index (Phi) is 5.44. The zero-order chi connectivity index (χ0) is 13.7. The average molecular weight is 256 g/mol. The predicted octanol–water partition coefficient (Wildman–Crippen LogP) is 2.02. The fourth-order valence-electron chi connectivity index (χ4n) is 2.44. The molecule has 0 radical (unpaired) electrons. The van der Waals surface area contributed by atoms with Crippen molar-refractivity contribution in [3.63, 3.8) is 0 Å². The number of urea groups is 1. The van der Waals surface area contributed by atoms with Crippen molar-refractivity contribution in [1.29, 1.82) is 0 Å². The summed E-state index contributed by atoms with van der Waals surface area (Å²) in [5.41, 5.74) is 0. The summed E-state index contributed by atoms with van der Waals surface area (Å²) in [5, 5.41) is 9.23. The van der Waals surface area contributed by atoms with E-state index in [2.05, 4.69) is 0 Å². The van der Waals surface area contributed by atoms with Crippen LogP contribution in [0.2, 0.25) is 0 Å². The fourth-order valence-corrected chi connectivity index (χ4v) is 2.44. The highest BCUT2D eigenvalue weighted by Gasteiger charge is 2.32. The summed E-state index contributed by atoms with van der Waals surface area (Å²) in [6, 6.07) is -0.812. The lowest BCUT2D eigenvalue weighted by Crippen LogP contribution is -2.50. The lowest BCUT2D eigenvalue weighted by molar-refractivity contribution is -0.142. The van der Waals surface area contributed by atoms with Gasteiger partial charge in [0.1, 0.15) is 6.04 Å². The molecular formula is C13H24N2O3. The summed E-state index contributed by atoms with van der Waals surface area (Å²) in [6.07, 6.45) is 3.34. The Balaban J connectivity index is 2.75. The molecule has 0 spiro atoms. The zero-order valence-electron chi connectivity index (χ0n) is 11.6. The molecule has 0 bridgehead atoms. The van der Waals surface area contributed by atoms with Crippen molar-refractivity contribution in [1.82, 2.24) is 9.80 Å². The molecule has 1 atom stereocenters. The van der Waals surface area contributed by atoms with Gasteiger partial charge in [0.2, 0.25) is 0 Å². The first kappa shape index (κ1) is 14.8. The highest BCUT2D eigenvalue weighted by atomic mass is 16.4. The van der Waals surface area contributed by atoms with E-state index in [0.29, 0.717) is 25.4 Å². The normalized spacial score (nSPS) is 20.7. The number of hydrogen-bond acceptors (Lipinski definition) is 2. The van der Waals surface area contributed by atoms with E-state index in [0.717, 1.165) is 19.3 Å². The lowest BCUT2D eigenvalue weighted by atomic mass is 10.1. The Hall–Kier alpha value is -1.26. The largest absolute Gasteiger partial charge is 0.480 e. The Morgan fingerprint density at radius 2 is 2.00 bits per heavy atom. The molecule has 2 amide bonds. The minimum absolute atomic E-state index is 0.155. The Bertz CT molecular complexity index is 305. The average Bonchev–Trinajstić information content (AvgIpc) is 2.52. The maximum atomic E-state index is 12.3. The van der Waals surface area contributed by atoms with E-state index in [9.17, 15) is 14.7 Å². The number of carbonyl (C=O) groups is 2. The molecular weight excluding hydrogens is 232 g/mol. The summed E-state index contributed by atoms with van der Waals surface area (Å²) in [4.78, 5) is 26.7. The standard InChI is InChI=1S/C13H24N2O3/c1-10(2)9-14(3)13(18)15-8-6-4-5-7-11(15)12(16)17/h10-11H,4-9H2,1-3H3,(H,16,17). The molecule has 1 rings (SSSR count). The molecule has 5 heteroatoms. The molecule has 1 unspecified atom stereocenters. The predicted molar refractivity (Wildman–Crippen MR) is 69.5 cm³/mol. The first-order valence-corrected chi connectivity index (χ1v) is 6.68. The molecule has 1 saturated heterocycles. The number of carboxylic acids is 1. The minimum atomic E-state index is -0.886. The Labute approximate surface area is 109 Å². The van der Waals surface area contributed by atoms with Gasteiger partial charge in [-0.2, -0.15) is 0 Å². The fraction of sp³-hybridized carbons (Fsp3) is 0.846. The van der Waals surface area contributed by atoms with Crippen LogP contribution in [0.25, 0.3) is 0 Å². The van der Waals surface area contributed by atoms with E-state index in [1.165, 1.54) is 4.90 Å². The van der Waals surface area contributed by atoms with Gasteiger partial charge in [-0.05, 0) is 18.8 Å². The van der Waals surface area contributed by atoms with Crippen LogP contribution >= 0.6 is 0 Å². The number of rotatable bonds is 3. The second kappa shape index (κ2) is 6.61. The molecule has 5 nitrogen and oxygen atoms in total. The molecule has 1 N–H and O–H groups in total. The third-order valence-corrected chi connectivity index (χ3v) is 3.25. The van der Waals surface area contributed by atoms with Crippen molar-refractivity contribution < 1.29 is 14.7 Å². The van der Waals surface area contributed by atoms with E-state index in [1.54, 1.807) is 11.9 Å². The molecule has 18 heavy (non-hydrogen) atoms. The lowest BCUT2D eigenvalue weighted by Gasteiger charge is -2.32. The number of carboxylic acid groups (broad SMARTS) is 1. The van der Waals surface area contributed by atoms with Crippen molar-refractivity contribution in [2.45, 2.75) is 45.6 Å². The van der Waals surface area contributed by atoms with Crippen LogP contribution in [0.15, 0.2) is 0 Å². The highest BCUT2D eigenvalue weighted by molar-refractivity contribution is 5.82. The smallest absolute Gasteiger partial charge is 0.326 e. The minimum Gasteiger partial charge on any atom is -0.480 e. The van der Waals surface area contributed by atoms with Gasteiger partial charge in [-0.3, -0.25) is 0 Å². The number of nitrogens with zero attached hydrogens (tertiary/aromatic N) is 2. The number of amides is 2. The Morgan fingerprint density at radius 3 is 2.56 bits per heavy atom. The van der Waals surface area contributed by atoms with Gasteiger partial charge in [-0.1, -0.05) is 26.7 Å². The van der Waals surface area contributed by atoms with Crippen molar-refractivity contribution >= 4 is 12.0 Å². The van der Waals surface area contributed by atoms with Crippen molar-refractivity contribution in [3.05, 3.63) is 0 Å². The number of aliphatic carboxylic acids is 1. The molecule has 0 aromatic carbocycles. The van der Waals surface area contributed by atoms with Crippen LogP contribution in [-0.2, 0) is 4.79 Å². The van der Waals surface area contributed by atoms with Crippen LogP contribution in [0.3, 0.4) is 0 Å². The van der Waals surface area contributed by atoms with Gasteiger partial charge >= 0.3 is 12.0 Å². The number of carbonyl (C=O) groups excluding carboxylic acids is 1. The third-order valence-electron chi connectivity index (χ3n) is 3.25. The number of likely N-dealkylation sites (tertiary alicyclic amines) is 1. The highest BCUT2D eigenvalue weighted by Crippen LogP contribution is 2.18. The summed E-state index contributed by atoms with van der Waals surface area (Å²) in [7, 11) is 1.74. The second-order valence-electron chi connectivity index (χ2n) is 5.45. The summed E-state index contributed by atoms with van der Waals surface area (Å²) >= 11 is 0. The van der Waals surface area contributed by atoms with Crippen LogP contribution in [0, 0.1) is 5.92 Å². The van der Waals surface area contributed by atoms with Crippen molar-refractivity contribution in [2.24, 2.45) is 5.92 Å². The molecule has 1 fully saturated rings. The van der Waals surface area contributed by atoms with Gasteiger partial charge in [0.15, 0.2) is 0 Å². The van der Waals surface area contributed by atoms with Gasteiger partial charge in [0.05, 0.1) is 0 Å². The summed E-state index contributed by atoms with van der Waals surface area (Å²) in [6.45, 7) is 5.29.